The van der Waals surface area contributed by atoms with Crippen LogP contribution in [0.4, 0.5) is 0 Å². The normalized spacial score (nSPS) is 18.7. The molecule has 0 amide bonds. The fraction of sp³-hybridized carbons (Fsp3) is 0.588. The topological polar surface area (TPSA) is 43.1 Å². The maximum atomic E-state index is 4.91. The van der Waals surface area contributed by atoms with Gasteiger partial charge in [-0.05, 0) is 49.3 Å². The highest BCUT2D eigenvalue weighted by Crippen LogP contribution is 2.44. The van der Waals surface area contributed by atoms with Crippen LogP contribution in [0.15, 0.2) is 5.16 Å². The van der Waals surface area contributed by atoms with Crippen molar-refractivity contribution in [2.24, 2.45) is 11.3 Å². The number of hydrogen-bond donors (Lipinski definition) is 0. The van der Waals surface area contributed by atoms with E-state index in [-0.39, 0.29) is 0 Å². The summed E-state index contributed by atoms with van der Waals surface area (Å²) in [5, 5.41) is 11.0. The minimum absolute atomic E-state index is 0.368. The minimum Gasteiger partial charge on any atom is -0.257 e. The molecule has 1 aliphatic rings. The Morgan fingerprint density at radius 1 is 1.26 bits per heavy atom. The van der Waals surface area contributed by atoms with Crippen molar-refractivity contribution in [2.45, 2.75) is 52.1 Å². The van der Waals surface area contributed by atoms with Gasteiger partial charge >= 0.3 is 0 Å². The molecule has 0 fully saturated rings. The van der Waals surface area contributed by atoms with Gasteiger partial charge in [0.05, 0.1) is 5.39 Å². The highest BCUT2D eigenvalue weighted by molar-refractivity contribution is 7.98. The van der Waals surface area contributed by atoms with Gasteiger partial charge in [-0.1, -0.05) is 32.5 Å². The molecule has 4 nitrogen and oxygen atoms in total. The summed E-state index contributed by atoms with van der Waals surface area (Å²) in [6, 6.07) is 0. The second-order valence-electron chi connectivity index (χ2n) is 7.49. The molecule has 0 spiro atoms. The first-order valence-electron chi connectivity index (χ1n) is 8.10. The lowest BCUT2D eigenvalue weighted by molar-refractivity contribution is 0.218. The highest BCUT2D eigenvalue weighted by Gasteiger charge is 2.32. The lowest BCUT2D eigenvalue weighted by Crippen LogP contribution is -2.26. The van der Waals surface area contributed by atoms with Gasteiger partial charge in [0.1, 0.15) is 10.7 Å². The van der Waals surface area contributed by atoms with Crippen molar-refractivity contribution in [3.63, 3.8) is 0 Å². The van der Waals surface area contributed by atoms with Crippen LogP contribution in [0.3, 0.4) is 0 Å². The average molecular weight is 347 g/mol. The van der Waals surface area contributed by atoms with Crippen LogP contribution in [-0.4, -0.2) is 25.8 Å². The molecule has 3 aromatic heterocycles. The minimum atomic E-state index is 0.368. The second kappa shape index (κ2) is 5.18. The molecule has 0 aromatic carbocycles. The van der Waals surface area contributed by atoms with Crippen molar-refractivity contribution in [1.82, 2.24) is 19.6 Å². The first-order chi connectivity index (χ1) is 10.9. The van der Waals surface area contributed by atoms with E-state index in [9.17, 15) is 0 Å². The molecule has 0 saturated heterocycles. The molecule has 4 rings (SSSR count). The van der Waals surface area contributed by atoms with Crippen LogP contribution < -0.4 is 0 Å². The third-order valence-corrected chi connectivity index (χ3v) is 6.88. The first-order valence-corrected chi connectivity index (χ1v) is 10.1. The maximum absolute atomic E-state index is 4.91. The predicted octanol–water partition coefficient (Wildman–Crippen LogP) is 4.52. The van der Waals surface area contributed by atoms with Crippen LogP contribution in [0.5, 0.6) is 0 Å². The molecule has 1 unspecified atom stereocenters. The molecule has 122 valence electrons. The van der Waals surface area contributed by atoms with Gasteiger partial charge in [0, 0.05) is 4.88 Å². The predicted molar refractivity (Wildman–Crippen MR) is 97.7 cm³/mol. The van der Waals surface area contributed by atoms with Gasteiger partial charge in [-0.15, -0.1) is 21.5 Å². The van der Waals surface area contributed by atoms with Crippen LogP contribution in [0, 0.1) is 18.3 Å². The number of thiophene rings is 1. The van der Waals surface area contributed by atoms with Crippen LogP contribution in [0.1, 0.15) is 43.5 Å². The van der Waals surface area contributed by atoms with E-state index >= 15 is 0 Å². The van der Waals surface area contributed by atoms with E-state index in [1.165, 1.54) is 28.7 Å². The summed E-state index contributed by atoms with van der Waals surface area (Å²) in [6.07, 6.45) is 5.63. The van der Waals surface area contributed by atoms with Crippen LogP contribution in [-0.2, 0) is 12.8 Å². The Bertz CT molecular complexity index is 901. The molecule has 23 heavy (non-hydrogen) atoms. The van der Waals surface area contributed by atoms with Gasteiger partial charge in [-0.2, -0.15) is 0 Å². The number of aryl methyl sites for hydroxylation is 2. The zero-order valence-corrected chi connectivity index (χ0v) is 15.9. The molecule has 1 aliphatic carbocycles. The molecular formula is C17H22N4S2. The SMILES string of the molecule is CSc1nc2sc3c(c2c2nnc(C)n12)CCC(C(C)(C)C)C3. The van der Waals surface area contributed by atoms with Gasteiger partial charge < -0.3 is 0 Å². The summed E-state index contributed by atoms with van der Waals surface area (Å²) < 4.78 is 2.11. The molecule has 6 heteroatoms. The van der Waals surface area contributed by atoms with Crippen LogP contribution >= 0.6 is 23.1 Å². The number of hydrogen-bond acceptors (Lipinski definition) is 5. The summed E-state index contributed by atoms with van der Waals surface area (Å²) in [7, 11) is 0. The molecule has 0 aliphatic heterocycles. The van der Waals surface area contributed by atoms with E-state index in [4.69, 9.17) is 4.98 Å². The molecule has 0 saturated carbocycles. The third kappa shape index (κ3) is 2.30. The Labute approximate surface area is 144 Å². The van der Waals surface area contributed by atoms with E-state index in [2.05, 4.69) is 41.6 Å². The van der Waals surface area contributed by atoms with Gasteiger partial charge in [-0.25, -0.2) is 4.98 Å². The standard InChI is InChI=1S/C17H22N4S2/c1-9-19-20-14-13-11-7-6-10(17(2,3)4)8-12(11)23-15(13)18-16(22-5)21(9)14/h10H,6-8H2,1-5H3. The molecule has 0 N–H and O–H groups in total. The van der Waals surface area contributed by atoms with Crippen molar-refractivity contribution in [2.75, 3.05) is 6.26 Å². The van der Waals surface area contributed by atoms with E-state index in [1.54, 1.807) is 11.8 Å². The lowest BCUT2D eigenvalue weighted by Gasteiger charge is -2.33. The number of nitrogens with zero attached hydrogens (tertiary/aromatic N) is 4. The molecule has 3 heterocycles. The van der Waals surface area contributed by atoms with Crippen molar-refractivity contribution >= 4 is 39.0 Å². The second-order valence-corrected chi connectivity index (χ2v) is 9.35. The number of thioether (sulfide) groups is 1. The fourth-order valence-electron chi connectivity index (χ4n) is 3.65. The summed E-state index contributed by atoms with van der Waals surface area (Å²) in [5.41, 5.74) is 2.83. The van der Waals surface area contributed by atoms with Crippen molar-refractivity contribution < 1.29 is 0 Å². The average Bonchev–Trinajstić information content (AvgIpc) is 3.05. The van der Waals surface area contributed by atoms with Crippen LogP contribution in [0.2, 0.25) is 0 Å². The monoisotopic (exact) mass is 346 g/mol. The van der Waals surface area contributed by atoms with E-state index in [0.29, 0.717) is 5.41 Å². The number of aromatic nitrogens is 4. The van der Waals surface area contributed by atoms with E-state index in [0.717, 1.165) is 33.8 Å². The summed E-state index contributed by atoms with van der Waals surface area (Å²) in [4.78, 5) is 7.56. The summed E-state index contributed by atoms with van der Waals surface area (Å²) in [6.45, 7) is 9.09. The van der Waals surface area contributed by atoms with Crippen molar-refractivity contribution in [3.05, 3.63) is 16.3 Å². The fourth-order valence-corrected chi connectivity index (χ4v) is 5.58. The van der Waals surface area contributed by atoms with Gasteiger partial charge in [0.2, 0.25) is 0 Å². The first kappa shape index (κ1) is 15.4. The van der Waals surface area contributed by atoms with E-state index in [1.807, 2.05) is 18.3 Å². The lowest BCUT2D eigenvalue weighted by atomic mass is 9.72. The van der Waals surface area contributed by atoms with Gasteiger partial charge in [-0.3, -0.25) is 4.40 Å². The number of rotatable bonds is 1. The molecule has 3 aromatic rings. The zero-order chi connectivity index (χ0) is 16.4. The van der Waals surface area contributed by atoms with Gasteiger partial charge in [0.15, 0.2) is 10.8 Å². The quantitative estimate of drug-likeness (QED) is 0.480. The Kier molecular flexibility index (Phi) is 3.47. The maximum Gasteiger partial charge on any atom is 0.176 e. The smallest absolute Gasteiger partial charge is 0.176 e. The largest absolute Gasteiger partial charge is 0.257 e. The Morgan fingerprint density at radius 2 is 2.04 bits per heavy atom. The van der Waals surface area contributed by atoms with Crippen molar-refractivity contribution in [3.8, 4) is 0 Å². The molecule has 0 bridgehead atoms. The molecule has 0 radical (unpaired) electrons. The Hall–Kier alpha value is -1.14. The van der Waals surface area contributed by atoms with Crippen LogP contribution in [0.25, 0.3) is 15.9 Å². The molecule has 1 atom stereocenters. The summed E-state index contributed by atoms with van der Waals surface area (Å²) in [5.74, 6) is 1.67. The van der Waals surface area contributed by atoms with Crippen molar-refractivity contribution in [1.29, 1.82) is 0 Å². The molecular weight excluding hydrogens is 324 g/mol. The summed E-state index contributed by atoms with van der Waals surface area (Å²) >= 11 is 3.53. The van der Waals surface area contributed by atoms with E-state index < -0.39 is 0 Å². The van der Waals surface area contributed by atoms with Gasteiger partial charge in [0.25, 0.3) is 0 Å². The zero-order valence-electron chi connectivity index (χ0n) is 14.3. The highest BCUT2D eigenvalue weighted by atomic mass is 32.2. The Morgan fingerprint density at radius 3 is 2.74 bits per heavy atom. The Balaban J connectivity index is 1.96. The number of fused-ring (bicyclic) bond motifs is 5. The third-order valence-electron chi connectivity index (χ3n) is 5.09.